The van der Waals surface area contributed by atoms with Crippen molar-refractivity contribution in [2.75, 3.05) is 50.8 Å². The lowest BCUT2D eigenvalue weighted by Crippen LogP contribution is -2.58. The van der Waals surface area contributed by atoms with Crippen LogP contribution >= 0.6 is 11.3 Å². The summed E-state index contributed by atoms with van der Waals surface area (Å²) >= 11 is 1.67. The summed E-state index contributed by atoms with van der Waals surface area (Å²) in [5, 5.41) is 5.85. The van der Waals surface area contributed by atoms with Gasteiger partial charge in [-0.05, 0) is 43.2 Å². The van der Waals surface area contributed by atoms with Gasteiger partial charge in [-0.25, -0.2) is 9.37 Å². The van der Waals surface area contributed by atoms with Gasteiger partial charge in [0.25, 0.3) is 0 Å². The lowest BCUT2D eigenvalue weighted by Gasteiger charge is -2.41. The van der Waals surface area contributed by atoms with Crippen molar-refractivity contribution < 1.29 is 9.13 Å². The molecule has 0 atom stereocenters. The lowest BCUT2D eigenvalue weighted by atomic mass is 9.94. The summed E-state index contributed by atoms with van der Waals surface area (Å²) in [7, 11) is 0. The summed E-state index contributed by atoms with van der Waals surface area (Å²) < 4.78 is 21.9. The van der Waals surface area contributed by atoms with Crippen LogP contribution in [0, 0.1) is 5.82 Å². The van der Waals surface area contributed by atoms with Crippen molar-refractivity contribution in [3.63, 3.8) is 0 Å². The maximum absolute atomic E-state index is 15.1. The zero-order valence-corrected chi connectivity index (χ0v) is 21.3. The maximum Gasteiger partial charge on any atom is 0.137 e. The minimum atomic E-state index is -0.183. The van der Waals surface area contributed by atoms with E-state index < -0.39 is 0 Å². The molecule has 2 N–H and O–H groups in total. The normalized spacial score (nSPS) is 20.8. The molecule has 0 bridgehead atoms. The molecule has 7 rings (SSSR count). The van der Waals surface area contributed by atoms with Crippen LogP contribution in [0.5, 0.6) is 0 Å². The Morgan fingerprint density at radius 1 is 1.06 bits per heavy atom. The van der Waals surface area contributed by atoms with Gasteiger partial charge in [-0.3, -0.25) is 4.90 Å². The van der Waals surface area contributed by atoms with Crippen molar-refractivity contribution in [1.29, 1.82) is 0 Å². The number of halogens is 1. The Bertz CT molecular complexity index is 1400. The number of anilines is 1. The molecular weight excluding hydrogens is 473 g/mol. The molecule has 188 valence electrons. The Hall–Kier alpha value is -2.52. The number of hydrogen-bond acceptors (Lipinski definition) is 6. The second kappa shape index (κ2) is 9.10. The van der Waals surface area contributed by atoms with E-state index >= 15 is 4.39 Å². The molecule has 36 heavy (non-hydrogen) atoms. The molecule has 3 aliphatic rings. The zero-order chi connectivity index (χ0) is 24.1. The fourth-order valence-corrected chi connectivity index (χ4v) is 7.62. The van der Waals surface area contributed by atoms with Crippen molar-refractivity contribution in [1.82, 2.24) is 20.2 Å². The molecule has 2 saturated heterocycles. The van der Waals surface area contributed by atoms with Crippen LogP contribution in [0.3, 0.4) is 0 Å². The molecule has 3 aromatic heterocycles. The van der Waals surface area contributed by atoms with Crippen LogP contribution in [-0.4, -0.2) is 66.3 Å². The first kappa shape index (κ1) is 22.7. The van der Waals surface area contributed by atoms with Gasteiger partial charge in [-0.15, -0.1) is 11.3 Å². The van der Waals surface area contributed by atoms with Gasteiger partial charge < -0.3 is 19.9 Å². The Morgan fingerprint density at radius 2 is 1.92 bits per heavy atom. The van der Waals surface area contributed by atoms with E-state index in [9.17, 15) is 0 Å². The quantitative estimate of drug-likeness (QED) is 0.402. The lowest BCUT2D eigenvalue weighted by molar-refractivity contribution is 0.122. The molecule has 4 aromatic rings. The highest BCUT2D eigenvalue weighted by Gasteiger charge is 2.37. The predicted octanol–water partition coefficient (Wildman–Crippen LogP) is 5.14. The summed E-state index contributed by atoms with van der Waals surface area (Å²) in [4.78, 5) is 14.3. The van der Waals surface area contributed by atoms with Gasteiger partial charge >= 0.3 is 0 Å². The zero-order valence-electron chi connectivity index (χ0n) is 20.5. The molecule has 6 nitrogen and oxygen atoms in total. The van der Waals surface area contributed by atoms with Gasteiger partial charge in [0.1, 0.15) is 11.6 Å². The molecule has 2 aliphatic heterocycles. The summed E-state index contributed by atoms with van der Waals surface area (Å²) in [6.45, 7) is 7.11. The number of hydrogen-bond donors (Lipinski definition) is 2. The number of nitrogens with zero attached hydrogens (tertiary/aromatic N) is 3. The fraction of sp³-hybridized carbons (Fsp3) is 0.464. The molecule has 0 unspecified atom stereocenters. The number of benzene rings is 1. The number of piperazine rings is 1. The average Bonchev–Trinajstić information content (AvgIpc) is 3.64. The van der Waals surface area contributed by atoms with Crippen LogP contribution in [0.25, 0.3) is 31.4 Å². The molecule has 0 amide bonds. The number of aromatic amines is 1. The number of aromatic nitrogens is 2. The summed E-state index contributed by atoms with van der Waals surface area (Å²) in [5.74, 6) is 0.832. The molecule has 1 spiro atoms. The molecule has 1 aliphatic carbocycles. The summed E-state index contributed by atoms with van der Waals surface area (Å²) in [6, 6.07) is 9.73. The molecule has 1 aromatic carbocycles. The van der Waals surface area contributed by atoms with E-state index in [0.717, 1.165) is 71.9 Å². The molecule has 0 radical (unpaired) electrons. The van der Waals surface area contributed by atoms with Crippen LogP contribution < -0.4 is 10.2 Å². The van der Waals surface area contributed by atoms with E-state index in [1.807, 2.05) is 18.3 Å². The third-order valence-corrected chi connectivity index (χ3v) is 9.29. The SMILES string of the molecule is Fc1ccc2[nH]ccc2c1-c1cc2c(N3CCOCC3)nc(CN3CCNC4(CCCC4)C3)cc2s1. The van der Waals surface area contributed by atoms with E-state index in [0.29, 0.717) is 18.8 Å². The minimum Gasteiger partial charge on any atom is -0.378 e. The highest BCUT2D eigenvalue weighted by atomic mass is 32.1. The number of morpholine rings is 1. The van der Waals surface area contributed by atoms with Crippen LogP contribution in [-0.2, 0) is 11.3 Å². The number of rotatable bonds is 4. The van der Waals surface area contributed by atoms with Gasteiger partial charge in [-0.1, -0.05) is 12.8 Å². The third-order valence-electron chi connectivity index (χ3n) is 8.19. The first-order chi connectivity index (χ1) is 17.7. The molecule has 3 fully saturated rings. The van der Waals surface area contributed by atoms with Crippen molar-refractivity contribution in [3.05, 3.63) is 48.0 Å². The van der Waals surface area contributed by atoms with Gasteiger partial charge in [0.2, 0.25) is 0 Å². The molecular formula is C28H32FN5OS. The van der Waals surface area contributed by atoms with Gasteiger partial charge in [0.15, 0.2) is 0 Å². The number of thiophene rings is 1. The Kier molecular flexibility index (Phi) is 5.73. The van der Waals surface area contributed by atoms with Crippen LogP contribution in [0.1, 0.15) is 31.4 Å². The molecule has 8 heteroatoms. The monoisotopic (exact) mass is 505 g/mol. The van der Waals surface area contributed by atoms with Crippen molar-refractivity contribution in [2.24, 2.45) is 0 Å². The maximum atomic E-state index is 15.1. The van der Waals surface area contributed by atoms with Crippen molar-refractivity contribution in [2.45, 2.75) is 37.8 Å². The van der Waals surface area contributed by atoms with E-state index in [4.69, 9.17) is 9.72 Å². The van der Waals surface area contributed by atoms with E-state index in [2.05, 4.69) is 32.2 Å². The van der Waals surface area contributed by atoms with Gasteiger partial charge in [0.05, 0.1) is 18.9 Å². The standard InChI is InChI=1S/C28H32FN5OS/c29-22-3-4-23-20(5-8-30-23)26(22)25-16-21-24(36-25)15-19(32-27(21)34-11-13-35-14-12-34)17-33-10-9-31-28(18-33)6-1-2-7-28/h3-5,8,15-16,30-31H,1-2,6-7,9-14,17-18H2. The molecule has 1 saturated carbocycles. The Balaban J connectivity index is 1.29. The number of pyridine rings is 1. The fourth-order valence-electron chi connectivity index (χ4n) is 6.44. The van der Waals surface area contributed by atoms with Gasteiger partial charge in [-0.2, -0.15) is 0 Å². The number of nitrogens with one attached hydrogen (secondary N) is 2. The second-order valence-electron chi connectivity index (χ2n) is 10.5. The second-order valence-corrected chi connectivity index (χ2v) is 11.6. The van der Waals surface area contributed by atoms with E-state index in [1.54, 1.807) is 17.4 Å². The number of H-pyrrole nitrogens is 1. The third kappa shape index (κ3) is 4.00. The number of fused-ring (bicyclic) bond motifs is 2. The van der Waals surface area contributed by atoms with Gasteiger partial charge in [0, 0.05) is 82.4 Å². The highest BCUT2D eigenvalue weighted by Crippen LogP contribution is 2.42. The summed E-state index contributed by atoms with van der Waals surface area (Å²) in [5.41, 5.74) is 3.02. The predicted molar refractivity (Wildman–Crippen MR) is 144 cm³/mol. The minimum absolute atomic E-state index is 0.183. The largest absolute Gasteiger partial charge is 0.378 e. The highest BCUT2D eigenvalue weighted by molar-refractivity contribution is 7.22. The average molecular weight is 506 g/mol. The van der Waals surface area contributed by atoms with Crippen molar-refractivity contribution >= 4 is 38.1 Å². The summed E-state index contributed by atoms with van der Waals surface area (Å²) in [6.07, 6.45) is 7.09. The number of ether oxygens (including phenoxy) is 1. The first-order valence-corrected chi connectivity index (χ1v) is 14.0. The first-order valence-electron chi connectivity index (χ1n) is 13.2. The molecule has 5 heterocycles. The van der Waals surface area contributed by atoms with Crippen LogP contribution in [0.4, 0.5) is 10.2 Å². The smallest absolute Gasteiger partial charge is 0.137 e. The topological polar surface area (TPSA) is 56.4 Å². The van der Waals surface area contributed by atoms with Crippen molar-refractivity contribution in [3.8, 4) is 10.4 Å². The Labute approximate surface area is 214 Å². The van der Waals surface area contributed by atoms with Crippen LogP contribution in [0.2, 0.25) is 0 Å². The Morgan fingerprint density at radius 3 is 2.78 bits per heavy atom. The van der Waals surface area contributed by atoms with E-state index in [-0.39, 0.29) is 11.4 Å². The van der Waals surface area contributed by atoms with Crippen LogP contribution in [0.15, 0.2) is 36.5 Å². The van der Waals surface area contributed by atoms with E-state index in [1.165, 1.54) is 30.4 Å².